The molecule has 0 bridgehead atoms. The van der Waals surface area contributed by atoms with E-state index in [0.29, 0.717) is 17.7 Å². The predicted octanol–water partition coefficient (Wildman–Crippen LogP) is 4.54. The third-order valence-electron chi connectivity index (χ3n) is 5.49. The Morgan fingerprint density at radius 3 is 2.29 bits per heavy atom. The lowest BCUT2D eigenvalue weighted by atomic mass is 10.0. The van der Waals surface area contributed by atoms with Crippen molar-refractivity contribution in [2.24, 2.45) is 0 Å². The molecule has 0 spiro atoms. The lowest BCUT2D eigenvalue weighted by Crippen LogP contribution is -2.52. The van der Waals surface area contributed by atoms with Gasteiger partial charge in [-0.3, -0.25) is 9.59 Å². The number of benzene rings is 3. The number of amides is 2. The van der Waals surface area contributed by atoms with Gasteiger partial charge >= 0.3 is 0 Å². The van der Waals surface area contributed by atoms with Gasteiger partial charge in [0, 0.05) is 19.0 Å². The SMILES string of the molecule is COc1cccc(CN(C(=O)Cc2ccccc2F)[C@H](Cc2ccccc2)C(=O)NC(C)C)c1. The quantitative estimate of drug-likeness (QED) is 0.481. The van der Waals surface area contributed by atoms with Gasteiger partial charge in [-0.1, -0.05) is 60.7 Å². The minimum Gasteiger partial charge on any atom is -0.497 e. The zero-order valence-electron chi connectivity index (χ0n) is 19.8. The number of ether oxygens (including phenoxy) is 1. The fourth-order valence-corrected chi connectivity index (χ4v) is 3.81. The van der Waals surface area contributed by atoms with Gasteiger partial charge in [-0.15, -0.1) is 0 Å². The van der Waals surface area contributed by atoms with E-state index in [0.717, 1.165) is 11.1 Å². The summed E-state index contributed by atoms with van der Waals surface area (Å²) in [6.45, 7) is 3.95. The van der Waals surface area contributed by atoms with Crippen LogP contribution in [0.1, 0.15) is 30.5 Å². The normalized spacial score (nSPS) is 11.7. The Balaban J connectivity index is 1.99. The van der Waals surface area contributed by atoms with Crippen molar-refractivity contribution in [1.29, 1.82) is 0 Å². The molecule has 34 heavy (non-hydrogen) atoms. The van der Waals surface area contributed by atoms with Crippen molar-refractivity contribution in [3.05, 3.63) is 101 Å². The minimum atomic E-state index is -0.768. The van der Waals surface area contributed by atoms with Crippen molar-refractivity contribution in [3.8, 4) is 5.75 Å². The Morgan fingerprint density at radius 2 is 1.62 bits per heavy atom. The van der Waals surface area contributed by atoms with Crippen molar-refractivity contribution in [1.82, 2.24) is 10.2 Å². The van der Waals surface area contributed by atoms with Crippen molar-refractivity contribution in [2.75, 3.05) is 7.11 Å². The van der Waals surface area contributed by atoms with Crippen LogP contribution in [-0.4, -0.2) is 35.9 Å². The molecule has 0 aliphatic heterocycles. The molecule has 0 radical (unpaired) electrons. The molecule has 0 aliphatic rings. The first-order valence-electron chi connectivity index (χ1n) is 11.4. The van der Waals surface area contributed by atoms with E-state index in [1.54, 1.807) is 30.2 Å². The van der Waals surface area contributed by atoms with Crippen molar-refractivity contribution < 1.29 is 18.7 Å². The highest BCUT2D eigenvalue weighted by Crippen LogP contribution is 2.20. The van der Waals surface area contributed by atoms with Crippen molar-refractivity contribution in [2.45, 2.75) is 45.3 Å². The first kappa shape index (κ1) is 25.0. The molecular weight excluding hydrogens is 431 g/mol. The fourth-order valence-electron chi connectivity index (χ4n) is 3.81. The van der Waals surface area contributed by atoms with Crippen LogP contribution in [0.3, 0.4) is 0 Å². The van der Waals surface area contributed by atoms with Gasteiger partial charge in [0.05, 0.1) is 13.5 Å². The Kier molecular flexibility index (Phi) is 8.79. The highest BCUT2D eigenvalue weighted by Gasteiger charge is 2.31. The number of hydrogen-bond acceptors (Lipinski definition) is 3. The van der Waals surface area contributed by atoms with E-state index in [2.05, 4.69) is 5.32 Å². The Morgan fingerprint density at radius 1 is 0.941 bits per heavy atom. The maximum absolute atomic E-state index is 14.4. The van der Waals surface area contributed by atoms with Crippen LogP contribution in [0.15, 0.2) is 78.9 Å². The number of hydrogen-bond donors (Lipinski definition) is 1. The van der Waals surface area contributed by atoms with Crippen LogP contribution in [0.5, 0.6) is 5.75 Å². The topological polar surface area (TPSA) is 58.6 Å². The summed E-state index contributed by atoms with van der Waals surface area (Å²) in [6.07, 6.45) is 0.198. The molecule has 178 valence electrons. The van der Waals surface area contributed by atoms with Crippen LogP contribution >= 0.6 is 0 Å². The van der Waals surface area contributed by atoms with Gasteiger partial charge in [0.1, 0.15) is 17.6 Å². The highest BCUT2D eigenvalue weighted by atomic mass is 19.1. The van der Waals surface area contributed by atoms with E-state index in [1.165, 1.54) is 6.07 Å². The van der Waals surface area contributed by atoms with E-state index >= 15 is 0 Å². The zero-order chi connectivity index (χ0) is 24.5. The average molecular weight is 463 g/mol. The van der Waals surface area contributed by atoms with Crippen LogP contribution in [-0.2, 0) is 29.0 Å². The third-order valence-corrected chi connectivity index (χ3v) is 5.49. The molecule has 0 saturated heterocycles. The molecular formula is C28H31FN2O3. The lowest BCUT2D eigenvalue weighted by Gasteiger charge is -2.32. The second-order valence-corrected chi connectivity index (χ2v) is 8.51. The molecule has 0 fully saturated rings. The lowest BCUT2D eigenvalue weighted by molar-refractivity contribution is -0.141. The first-order valence-corrected chi connectivity index (χ1v) is 11.4. The molecule has 3 aromatic carbocycles. The number of carbonyl (C=O) groups is 2. The summed E-state index contributed by atoms with van der Waals surface area (Å²) in [7, 11) is 1.58. The van der Waals surface area contributed by atoms with Crippen LogP contribution in [0.2, 0.25) is 0 Å². The Hall–Kier alpha value is -3.67. The number of halogens is 1. The second kappa shape index (κ2) is 12.0. The summed E-state index contributed by atoms with van der Waals surface area (Å²) in [5, 5.41) is 2.95. The van der Waals surface area contributed by atoms with Crippen LogP contribution in [0.25, 0.3) is 0 Å². The van der Waals surface area contributed by atoms with E-state index in [9.17, 15) is 14.0 Å². The molecule has 2 amide bonds. The maximum atomic E-state index is 14.4. The summed E-state index contributed by atoms with van der Waals surface area (Å²) in [5.74, 6) is -0.356. The Bertz CT molecular complexity index is 1100. The van der Waals surface area contributed by atoms with Gasteiger partial charge in [-0.05, 0) is 48.7 Å². The molecule has 0 aromatic heterocycles. The average Bonchev–Trinajstić information content (AvgIpc) is 2.83. The van der Waals surface area contributed by atoms with E-state index in [-0.39, 0.29) is 30.8 Å². The third kappa shape index (κ3) is 6.91. The van der Waals surface area contributed by atoms with E-state index in [4.69, 9.17) is 4.74 Å². The summed E-state index contributed by atoms with van der Waals surface area (Å²) < 4.78 is 19.7. The van der Waals surface area contributed by atoms with Crippen LogP contribution < -0.4 is 10.1 Å². The number of rotatable bonds is 10. The zero-order valence-corrected chi connectivity index (χ0v) is 19.8. The minimum absolute atomic E-state index is 0.0916. The van der Waals surface area contributed by atoms with Crippen molar-refractivity contribution >= 4 is 11.8 Å². The smallest absolute Gasteiger partial charge is 0.243 e. The predicted molar refractivity (Wildman–Crippen MR) is 131 cm³/mol. The molecule has 0 aliphatic carbocycles. The monoisotopic (exact) mass is 462 g/mol. The van der Waals surface area contributed by atoms with Gasteiger partial charge in [0.25, 0.3) is 0 Å². The molecule has 3 rings (SSSR count). The summed E-state index contributed by atoms with van der Waals surface area (Å²) in [6, 6.07) is 22.3. The van der Waals surface area contributed by atoms with Crippen LogP contribution in [0.4, 0.5) is 4.39 Å². The largest absolute Gasteiger partial charge is 0.497 e. The second-order valence-electron chi connectivity index (χ2n) is 8.51. The molecule has 6 heteroatoms. The van der Waals surface area contributed by atoms with Gasteiger partial charge in [0.2, 0.25) is 11.8 Å². The van der Waals surface area contributed by atoms with Crippen molar-refractivity contribution in [3.63, 3.8) is 0 Å². The highest BCUT2D eigenvalue weighted by molar-refractivity contribution is 5.89. The Labute approximate surface area is 200 Å². The molecule has 3 aromatic rings. The van der Waals surface area contributed by atoms with Gasteiger partial charge < -0.3 is 15.0 Å². The molecule has 0 heterocycles. The van der Waals surface area contributed by atoms with Crippen LogP contribution in [0, 0.1) is 5.82 Å². The van der Waals surface area contributed by atoms with E-state index in [1.807, 2.05) is 68.4 Å². The van der Waals surface area contributed by atoms with E-state index < -0.39 is 11.9 Å². The number of nitrogens with one attached hydrogen (secondary N) is 1. The maximum Gasteiger partial charge on any atom is 0.243 e. The number of nitrogens with zero attached hydrogens (tertiary/aromatic N) is 1. The molecule has 1 N–H and O–H groups in total. The molecule has 5 nitrogen and oxygen atoms in total. The number of carbonyl (C=O) groups excluding carboxylic acids is 2. The number of methoxy groups -OCH3 is 1. The molecule has 1 atom stereocenters. The summed E-state index contributed by atoms with van der Waals surface area (Å²) in [5.41, 5.74) is 2.04. The molecule has 0 saturated carbocycles. The summed E-state index contributed by atoms with van der Waals surface area (Å²) >= 11 is 0. The fraction of sp³-hybridized carbons (Fsp3) is 0.286. The van der Waals surface area contributed by atoms with Gasteiger partial charge in [0.15, 0.2) is 0 Å². The van der Waals surface area contributed by atoms with Gasteiger partial charge in [-0.2, -0.15) is 0 Å². The summed E-state index contributed by atoms with van der Waals surface area (Å²) in [4.78, 5) is 28.5. The molecule has 0 unspecified atom stereocenters. The standard InChI is InChI=1S/C28H31FN2O3/c1-20(2)30-28(33)26(17-21-10-5-4-6-11-21)31(19-22-12-9-14-24(16-22)34-3)27(32)18-23-13-7-8-15-25(23)29/h4-16,20,26H,17-19H2,1-3H3,(H,30,33)/t26-/m1/s1. The first-order chi connectivity index (χ1) is 16.4. The van der Waals surface area contributed by atoms with Gasteiger partial charge in [-0.25, -0.2) is 4.39 Å².